The lowest BCUT2D eigenvalue weighted by molar-refractivity contribution is 0.1000. The lowest BCUT2D eigenvalue weighted by Gasteiger charge is -2.12. The quantitative estimate of drug-likeness (QED) is 0.222. The molecule has 5 rings (SSSR count). The highest BCUT2D eigenvalue weighted by molar-refractivity contribution is 7.92. The van der Waals surface area contributed by atoms with Crippen LogP contribution in [0.5, 0.6) is 0 Å². The number of aryl methyl sites for hydroxylation is 1. The van der Waals surface area contributed by atoms with Crippen molar-refractivity contribution in [2.75, 3.05) is 16.3 Å². The minimum Gasteiger partial charge on any atom is -0.340 e. The van der Waals surface area contributed by atoms with Crippen LogP contribution in [-0.2, 0) is 10.0 Å². The third kappa shape index (κ3) is 5.28. The third-order valence-corrected chi connectivity index (χ3v) is 6.70. The highest BCUT2D eigenvalue weighted by Gasteiger charge is 2.27. The average molecular weight is 503 g/mol. The number of benzene rings is 2. The molecule has 0 amide bonds. The second kappa shape index (κ2) is 9.19. The summed E-state index contributed by atoms with van der Waals surface area (Å²) >= 11 is 0. The van der Waals surface area contributed by atoms with Crippen LogP contribution in [0.4, 0.5) is 17.2 Å². The molecule has 0 aliphatic heterocycles. The van der Waals surface area contributed by atoms with E-state index in [9.17, 15) is 13.2 Å². The van der Waals surface area contributed by atoms with Gasteiger partial charge >= 0.3 is 0 Å². The van der Waals surface area contributed by atoms with Crippen LogP contribution in [0.25, 0.3) is 16.8 Å². The van der Waals surface area contributed by atoms with Gasteiger partial charge < -0.3 is 10.7 Å². The van der Waals surface area contributed by atoms with Crippen molar-refractivity contribution in [3.05, 3.63) is 72.1 Å². The fourth-order valence-corrected chi connectivity index (χ4v) is 4.61. The number of sulfonamides is 1. The molecule has 3 N–H and O–H groups in total. The van der Waals surface area contributed by atoms with E-state index in [-0.39, 0.29) is 12.2 Å². The number of fused-ring (bicyclic) bond motifs is 1. The largest absolute Gasteiger partial charge is 0.340 e. The number of aromatic nitrogens is 3. The molecule has 0 atom stereocenters. The van der Waals surface area contributed by atoms with Crippen molar-refractivity contribution in [3.8, 4) is 11.1 Å². The Bertz CT molecular complexity index is 1590. The predicted molar refractivity (Wildman–Crippen MR) is 141 cm³/mol. The maximum atomic E-state index is 12.5. The van der Waals surface area contributed by atoms with Gasteiger partial charge in [-0.15, -0.1) is 0 Å². The molecule has 36 heavy (non-hydrogen) atoms. The molecule has 0 radical (unpaired) electrons. The highest BCUT2D eigenvalue weighted by Crippen LogP contribution is 2.32. The van der Waals surface area contributed by atoms with E-state index in [0.29, 0.717) is 40.0 Å². The zero-order valence-corrected chi connectivity index (χ0v) is 20.8. The van der Waals surface area contributed by atoms with Crippen molar-refractivity contribution in [2.24, 2.45) is 5.92 Å². The van der Waals surface area contributed by atoms with Gasteiger partial charge in [0.2, 0.25) is 10.0 Å². The fraction of sp³-hybridized carbons (Fsp3) is 0.231. The smallest absolute Gasteiger partial charge is 0.229 e. The Morgan fingerprint density at radius 2 is 1.89 bits per heavy atom. The Kier molecular flexibility index (Phi) is 6.05. The summed E-state index contributed by atoms with van der Waals surface area (Å²) in [5.74, 6) is 0.831. The summed E-state index contributed by atoms with van der Waals surface area (Å²) in [6.45, 7) is 1.83. The molecule has 1 saturated carbocycles. The second-order valence-electron chi connectivity index (χ2n) is 9.14. The van der Waals surface area contributed by atoms with E-state index in [2.05, 4.69) is 15.1 Å². The van der Waals surface area contributed by atoms with E-state index in [4.69, 9.17) is 10.4 Å². The molecule has 0 saturated heterocycles. The second-order valence-corrected chi connectivity index (χ2v) is 10.9. The highest BCUT2D eigenvalue weighted by atomic mass is 32.2. The molecule has 4 aromatic rings. The standard InChI is InChI=1S/C26H26N6O3S/c1-16-3-10-20(13-23(16)31-36(2,34)35)29-25-11-12-32-26(30-25)21(15-28-32)17-4-8-19(9-5-17)24(33)14-22(27)18-6-7-18/h3-5,8-13,15,18,27,31H,6-7,14H2,1-2H3,(H,29,30). The summed E-state index contributed by atoms with van der Waals surface area (Å²) in [5.41, 5.74) is 5.43. The SMILES string of the molecule is Cc1ccc(Nc2ccn3ncc(-c4ccc(C(=O)CC(=N)C5CC5)cc4)c3n2)cc1NS(C)(=O)=O. The number of ketones is 1. The van der Waals surface area contributed by atoms with E-state index >= 15 is 0 Å². The van der Waals surface area contributed by atoms with Crippen molar-refractivity contribution in [1.82, 2.24) is 14.6 Å². The fourth-order valence-electron chi connectivity index (χ4n) is 3.99. The number of carbonyl (C=O) groups is 1. The van der Waals surface area contributed by atoms with Crippen molar-refractivity contribution in [3.63, 3.8) is 0 Å². The Labute approximate surface area is 209 Å². The van der Waals surface area contributed by atoms with Crippen LogP contribution in [0.2, 0.25) is 0 Å². The van der Waals surface area contributed by atoms with Crippen molar-refractivity contribution < 1.29 is 13.2 Å². The number of anilines is 3. The molecular weight excluding hydrogens is 476 g/mol. The maximum Gasteiger partial charge on any atom is 0.229 e. The van der Waals surface area contributed by atoms with Crippen molar-refractivity contribution in [1.29, 1.82) is 5.41 Å². The summed E-state index contributed by atoms with van der Waals surface area (Å²) in [4.78, 5) is 17.2. The number of rotatable bonds is 9. The van der Waals surface area contributed by atoms with Gasteiger partial charge in [0, 0.05) is 35.1 Å². The van der Waals surface area contributed by atoms with Gasteiger partial charge in [-0.3, -0.25) is 9.52 Å². The number of Topliss-reactive ketones (excluding diaryl/α,β-unsaturated/α-hetero) is 1. The van der Waals surface area contributed by atoms with Gasteiger partial charge in [-0.05, 0) is 55.0 Å². The van der Waals surface area contributed by atoms with E-state index in [1.54, 1.807) is 41.2 Å². The summed E-state index contributed by atoms with van der Waals surface area (Å²) < 4.78 is 27.5. The van der Waals surface area contributed by atoms with Gasteiger partial charge in [0.25, 0.3) is 0 Å². The monoisotopic (exact) mass is 502 g/mol. The first-order valence-corrected chi connectivity index (χ1v) is 13.5. The topological polar surface area (TPSA) is 129 Å². The molecule has 1 aliphatic rings. The minimum atomic E-state index is -3.40. The number of carbonyl (C=O) groups excluding carboxylic acids is 1. The van der Waals surface area contributed by atoms with E-state index in [0.717, 1.165) is 35.8 Å². The lowest BCUT2D eigenvalue weighted by atomic mass is 10.0. The molecule has 184 valence electrons. The molecule has 0 unspecified atom stereocenters. The normalized spacial score (nSPS) is 13.5. The van der Waals surface area contributed by atoms with Crippen LogP contribution in [-0.4, -0.2) is 40.8 Å². The van der Waals surface area contributed by atoms with Gasteiger partial charge in [0.05, 0.1) is 18.1 Å². The first-order chi connectivity index (χ1) is 17.2. The van der Waals surface area contributed by atoms with Crippen LogP contribution in [0.3, 0.4) is 0 Å². The van der Waals surface area contributed by atoms with Crippen molar-refractivity contribution in [2.45, 2.75) is 26.2 Å². The maximum absolute atomic E-state index is 12.5. The molecule has 1 aliphatic carbocycles. The Hall–Kier alpha value is -4.05. The molecule has 2 aromatic heterocycles. The Balaban J connectivity index is 1.37. The van der Waals surface area contributed by atoms with E-state index < -0.39 is 10.0 Å². The van der Waals surface area contributed by atoms with Gasteiger partial charge in [-0.25, -0.2) is 17.9 Å². The predicted octanol–water partition coefficient (Wildman–Crippen LogP) is 4.82. The average Bonchev–Trinajstić information content (AvgIpc) is 3.60. The van der Waals surface area contributed by atoms with Crippen LogP contribution in [0.15, 0.2) is 60.9 Å². The van der Waals surface area contributed by atoms with E-state index in [1.165, 1.54) is 0 Å². The summed E-state index contributed by atoms with van der Waals surface area (Å²) in [6, 6.07) is 14.5. The first-order valence-electron chi connectivity index (χ1n) is 11.6. The first kappa shape index (κ1) is 23.7. The lowest BCUT2D eigenvalue weighted by Crippen LogP contribution is -2.10. The number of hydrogen-bond acceptors (Lipinski definition) is 7. The molecule has 1 fully saturated rings. The molecule has 0 spiro atoms. The van der Waals surface area contributed by atoms with Crippen LogP contribution in [0.1, 0.15) is 35.2 Å². The molecule has 9 nitrogen and oxygen atoms in total. The minimum absolute atomic E-state index is 0.0363. The molecular formula is C26H26N6O3S. The number of nitrogens with zero attached hydrogens (tertiary/aromatic N) is 3. The van der Waals surface area contributed by atoms with Gasteiger partial charge in [0.1, 0.15) is 5.82 Å². The zero-order valence-electron chi connectivity index (χ0n) is 19.9. The molecule has 10 heteroatoms. The third-order valence-electron chi connectivity index (χ3n) is 6.11. The summed E-state index contributed by atoms with van der Waals surface area (Å²) in [7, 11) is -3.40. The Morgan fingerprint density at radius 1 is 1.14 bits per heavy atom. The summed E-state index contributed by atoms with van der Waals surface area (Å²) in [6.07, 6.45) is 6.85. The van der Waals surface area contributed by atoms with Crippen LogP contribution < -0.4 is 10.0 Å². The van der Waals surface area contributed by atoms with Crippen LogP contribution >= 0.6 is 0 Å². The number of nitrogens with one attached hydrogen (secondary N) is 3. The zero-order chi connectivity index (χ0) is 25.4. The van der Waals surface area contributed by atoms with Gasteiger partial charge in [-0.1, -0.05) is 30.3 Å². The van der Waals surface area contributed by atoms with Gasteiger partial charge in [0.15, 0.2) is 11.4 Å². The molecule has 2 aromatic carbocycles. The summed E-state index contributed by atoms with van der Waals surface area (Å²) in [5, 5.41) is 15.6. The van der Waals surface area contributed by atoms with Crippen LogP contribution in [0, 0.1) is 18.3 Å². The molecule has 2 heterocycles. The van der Waals surface area contributed by atoms with Crippen molar-refractivity contribution >= 4 is 44.4 Å². The number of hydrogen-bond donors (Lipinski definition) is 3. The Morgan fingerprint density at radius 3 is 2.58 bits per heavy atom. The molecule has 0 bridgehead atoms. The van der Waals surface area contributed by atoms with E-state index in [1.807, 2.05) is 31.2 Å². The van der Waals surface area contributed by atoms with Gasteiger partial charge in [-0.2, -0.15) is 5.10 Å².